The molecule has 19 heavy (non-hydrogen) atoms. The zero-order valence-electron chi connectivity index (χ0n) is 11.5. The van der Waals surface area contributed by atoms with Gasteiger partial charge in [0.05, 0.1) is 0 Å². The van der Waals surface area contributed by atoms with E-state index < -0.39 is 0 Å². The predicted octanol–water partition coefficient (Wildman–Crippen LogP) is 2.31. The van der Waals surface area contributed by atoms with Gasteiger partial charge in [-0.2, -0.15) is 0 Å². The van der Waals surface area contributed by atoms with Crippen molar-refractivity contribution in [1.29, 1.82) is 0 Å². The lowest BCUT2D eigenvalue weighted by atomic mass is 10.2. The normalized spacial score (nSPS) is 13.6. The molecular formula is C14H21NO3S. The molecule has 1 aliphatic rings. The lowest BCUT2D eigenvalue weighted by molar-refractivity contribution is 0.171. The molecule has 0 aromatic heterocycles. The molecule has 1 aromatic carbocycles. The number of hydrogen-bond acceptors (Lipinski definition) is 5. The largest absolute Gasteiger partial charge is 0.486 e. The molecule has 0 fully saturated rings. The van der Waals surface area contributed by atoms with Crippen molar-refractivity contribution in [2.24, 2.45) is 0 Å². The molecule has 0 bridgehead atoms. The van der Waals surface area contributed by atoms with E-state index in [1.165, 1.54) is 10.5 Å². The van der Waals surface area contributed by atoms with Crippen molar-refractivity contribution in [1.82, 2.24) is 5.32 Å². The Morgan fingerprint density at radius 3 is 2.68 bits per heavy atom. The molecule has 0 aliphatic carbocycles. The highest BCUT2D eigenvalue weighted by Gasteiger charge is 2.15. The minimum Gasteiger partial charge on any atom is -0.486 e. The first-order valence-corrected chi connectivity index (χ1v) is 7.74. The number of fused-ring (bicyclic) bond motifs is 1. The van der Waals surface area contributed by atoms with Crippen molar-refractivity contribution < 1.29 is 14.2 Å². The van der Waals surface area contributed by atoms with Crippen LogP contribution in [0.25, 0.3) is 0 Å². The zero-order chi connectivity index (χ0) is 13.5. The van der Waals surface area contributed by atoms with E-state index in [-0.39, 0.29) is 0 Å². The van der Waals surface area contributed by atoms with E-state index in [0.29, 0.717) is 13.2 Å². The molecule has 1 aromatic rings. The fourth-order valence-corrected chi connectivity index (χ4v) is 2.62. The first-order chi connectivity index (χ1) is 9.35. The van der Waals surface area contributed by atoms with Crippen LogP contribution in [0.5, 0.6) is 11.5 Å². The first kappa shape index (κ1) is 14.5. The van der Waals surface area contributed by atoms with E-state index in [4.69, 9.17) is 14.2 Å². The second-order valence-electron chi connectivity index (χ2n) is 4.33. The van der Waals surface area contributed by atoms with E-state index in [0.717, 1.165) is 37.6 Å². The minimum atomic E-state index is 0.631. The highest BCUT2D eigenvalue weighted by molar-refractivity contribution is 7.98. The van der Waals surface area contributed by atoms with E-state index in [1.54, 1.807) is 18.9 Å². The summed E-state index contributed by atoms with van der Waals surface area (Å²) >= 11 is 1.74. The molecule has 1 N–H and O–H groups in total. The van der Waals surface area contributed by atoms with Crippen molar-refractivity contribution in [3.05, 3.63) is 17.7 Å². The third-order valence-corrected chi connectivity index (χ3v) is 3.78. The fraction of sp³-hybridized carbons (Fsp3) is 0.571. The number of methoxy groups -OCH3 is 1. The summed E-state index contributed by atoms with van der Waals surface area (Å²) in [6.07, 6.45) is 3.11. The molecule has 5 heteroatoms. The Balaban J connectivity index is 1.98. The standard InChI is InChI=1S/C14H21NO3S/c1-16-5-3-4-15-10-11-8-12-13(9-14(11)19-2)18-7-6-17-12/h8-9,15H,3-7,10H2,1-2H3. The number of benzene rings is 1. The maximum atomic E-state index is 5.63. The number of ether oxygens (including phenoxy) is 3. The Kier molecular flexibility index (Phi) is 5.82. The van der Waals surface area contributed by atoms with Crippen LogP contribution in [0.4, 0.5) is 0 Å². The highest BCUT2D eigenvalue weighted by atomic mass is 32.2. The van der Waals surface area contributed by atoms with Crippen molar-refractivity contribution in [3.63, 3.8) is 0 Å². The van der Waals surface area contributed by atoms with Crippen LogP contribution in [-0.4, -0.2) is 39.7 Å². The van der Waals surface area contributed by atoms with Gasteiger partial charge in [-0.1, -0.05) is 0 Å². The van der Waals surface area contributed by atoms with Gasteiger partial charge in [-0.05, 0) is 36.9 Å². The molecule has 4 nitrogen and oxygen atoms in total. The van der Waals surface area contributed by atoms with E-state index in [9.17, 15) is 0 Å². The summed E-state index contributed by atoms with van der Waals surface area (Å²) in [5, 5.41) is 3.43. The van der Waals surface area contributed by atoms with Gasteiger partial charge in [-0.15, -0.1) is 11.8 Å². The summed E-state index contributed by atoms with van der Waals surface area (Å²) in [5.74, 6) is 1.72. The SMILES string of the molecule is COCCCNCc1cc2c(cc1SC)OCCO2. The molecule has 0 radical (unpaired) electrons. The monoisotopic (exact) mass is 283 g/mol. The van der Waals surface area contributed by atoms with Crippen LogP contribution < -0.4 is 14.8 Å². The maximum absolute atomic E-state index is 5.63. The van der Waals surface area contributed by atoms with Crippen LogP contribution in [0.2, 0.25) is 0 Å². The van der Waals surface area contributed by atoms with Crippen molar-refractivity contribution in [2.75, 3.05) is 39.7 Å². The second-order valence-corrected chi connectivity index (χ2v) is 5.18. The van der Waals surface area contributed by atoms with E-state index in [2.05, 4.69) is 23.7 Å². The van der Waals surface area contributed by atoms with Gasteiger partial charge in [0.15, 0.2) is 11.5 Å². The molecule has 0 amide bonds. The molecule has 0 spiro atoms. The minimum absolute atomic E-state index is 0.631. The van der Waals surface area contributed by atoms with Crippen LogP contribution in [0.1, 0.15) is 12.0 Å². The lowest BCUT2D eigenvalue weighted by Gasteiger charge is -2.21. The van der Waals surface area contributed by atoms with E-state index >= 15 is 0 Å². The average Bonchev–Trinajstić information content (AvgIpc) is 2.46. The fourth-order valence-electron chi connectivity index (χ4n) is 2.00. The van der Waals surface area contributed by atoms with Crippen LogP contribution in [0.15, 0.2) is 17.0 Å². The molecule has 1 heterocycles. The molecule has 106 valence electrons. The summed E-state index contributed by atoms with van der Waals surface area (Å²) in [6, 6.07) is 4.16. The number of hydrogen-bond donors (Lipinski definition) is 1. The first-order valence-electron chi connectivity index (χ1n) is 6.51. The second kappa shape index (κ2) is 7.62. The van der Waals surface area contributed by atoms with Gasteiger partial charge in [-0.25, -0.2) is 0 Å². The molecule has 0 unspecified atom stereocenters. The highest BCUT2D eigenvalue weighted by Crippen LogP contribution is 2.36. The maximum Gasteiger partial charge on any atom is 0.162 e. The molecule has 1 aliphatic heterocycles. The van der Waals surface area contributed by atoms with Crippen LogP contribution in [-0.2, 0) is 11.3 Å². The molecule has 2 rings (SSSR count). The van der Waals surface area contributed by atoms with E-state index in [1.807, 2.05) is 0 Å². The summed E-state index contributed by atoms with van der Waals surface area (Å²) < 4.78 is 16.3. The predicted molar refractivity (Wildman–Crippen MR) is 77.4 cm³/mol. The number of rotatable bonds is 7. The topological polar surface area (TPSA) is 39.7 Å². The van der Waals surface area contributed by atoms with Gasteiger partial charge >= 0.3 is 0 Å². The molecular weight excluding hydrogens is 262 g/mol. The molecule has 0 atom stereocenters. The Morgan fingerprint density at radius 2 is 2.00 bits per heavy atom. The molecule has 0 saturated heterocycles. The summed E-state index contributed by atoms with van der Waals surface area (Å²) in [7, 11) is 1.73. The van der Waals surface area contributed by atoms with Crippen molar-refractivity contribution in [3.8, 4) is 11.5 Å². The Labute approximate surface area is 118 Å². The average molecular weight is 283 g/mol. The Hall–Kier alpha value is -0.910. The third kappa shape index (κ3) is 4.03. The van der Waals surface area contributed by atoms with Gasteiger partial charge in [0.25, 0.3) is 0 Å². The van der Waals surface area contributed by atoms with Crippen LogP contribution in [0, 0.1) is 0 Å². The molecule has 0 saturated carbocycles. The Bertz CT molecular complexity index is 412. The van der Waals surface area contributed by atoms with Gasteiger partial charge < -0.3 is 19.5 Å². The number of thioether (sulfide) groups is 1. The lowest BCUT2D eigenvalue weighted by Crippen LogP contribution is -2.18. The summed E-state index contributed by atoms with van der Waals surface area (Å²) in [4.78, 5) is 1.24. The summed E-state index contributed by atoms with van der Waals surface area (Å²) in [5.41, 5.74) is 1.26. The quantitative estimate of drug-likeness (QED) is 0.614. The zero-order valence-corrected chi connectivity index (χ0v) is 12.3. The van der Waals surface area contributed by atoms with Gasteiger partial charge in [0, 0.05) is 25.2 Å². The Morgan fingerprint density at radius 1 is 1.26 bits per heavy atom. The van der Waals surface area contributed by atoms with Gasteiger partial charge in [0.2, 0.25) is 0 Å². The van der Waals surface area contributed by atoms with Crippen molar-refractivity contribution >= 4 is 11.8 Å². The van der Waals surface area contributed by atoms with Crippen LogP contribution in [0.3, 0.4) is 0 Å². The van der Waals surface area contributed by atoms with Gasteiger partial charge in [-0.3, -0.25) is 0 Å². The smallest absolute Gasteiger partial charge is 0.162 e. The van der Waals surface area contributed by atoms with Gasteiger partial charge in [0.1, 0.15) is 13.2 Å². The van der Waals surface area contributed by atoms with Crippen molar-refractivity contribution in [2.45, 2.75) is 17.9 Å². The third-order valence-electron chi connectivity index (χ3n) is 2.96. The van der Waals surface area contributed by atoms with Crippen LogP contribution >= 0.6 is 11.8 Å². The number of nitrogens with one attached hydrogen (secondary N) is 1. The summed E-state index contributed by atoms with van der Waals surface area (Å²) in [6.45, 7) is 3.86.